The Kier molecular flexibility index (Phi) is 6.41. The predicted molar refractivity (Wildman–Crippen MR) is 97.3 cm³/mol. The molecule has 0 aliphatic heterocycles. The number of amides is 2. The van der Waals surface area contributed by atoms with Crippen molar-refractivity contribution in [1.82, 2.24) is 5.32 Å². The number of hydrogen-bond donors (Lipinski definition) is 2. The van der Waals surface area contributed by atoms with E-state index in [0.717, 1.165) is 0 Å². The number of nitrogens with one attached hydrogen (secondary N) is 2. The summed E-state index contributed by atoms with van der Waals surface area (Å²) < 4.78 is 30.0. The summed E-state index contributed by atoms with van der Waals surface area (Å²) in [5.74, 6) is 0.515. The van der Waals surface area contributed by atoms with E-state index < -0.39 is 17.4 Å². The van der Waals surface area contributed by atoms with E-state index in [9.17, 15) is 9.18 Å². The minimum atomic E-state index is -1.01. The van der Waals surface area contributed by atoms with Gasteiger partial charge in [-0.15, -0.1) is 0 Å². The van der Waals surface area contributed by atoms with Gasteiger partial charge in [0.05, 0.1) is 26.5 Å². The molecule has 0 aliphatic carbocycles. The summed E-state index contributed by atoms with van der Waals surface area (Å²) in [6, 6.07) is 11.0. The molecule has 2 rings (SSSR count). The van der Waals surface area contributed by atoms with Crippen LogP contribution in [0.15, 0.2) is 42.5 Å². The molecule has 0 aromatic heterocycles. The van der Waals surface area contributed by atoms with Crippen LogP contribution in [0.1, 0.15) is 12.5 Å². The highest BCUT2D eigenvalue weighted by atomic mass is 19.1. The average Bonchev–Trinajstić information content (AvgIpc) is 2.66. The van der Waals surface area contributed by atoms with Crippen LogP contribution in [0.2, 0.25) is 0 Å². The lowest BCUT2D eigenvalue weighted by atomic mass is 9.95. The van der Waals surface area contributed by atoms with Gasteiger partial charge in [-0.3, -0.25) is 0 Å². The monoisotopic (exact) mass is 362 g/mol. The number of para-hydroxylation sites is 1. The summed E-state index contributed by atoms with van der Waals surface area (Å²) in [6.07, 6.45) is 0. The lowest BCUT2D eigenvalue weighted by molar-refractivity contribution is 0.00235. The van der Waals surface area contributed by atoms with E-state index in [2.05, 4.69) is 10.6 Å². The van der Waals surface area contributed by atoms with Crippen LogP contribution in [-0.2, 0) is 10.3 Å². The van der Waals surface area contributed by atoms with Gasteiger partial charge in [0.25, 0.3) is 0 Å². The molecular weight excluding hydrogens is 339 g/mol. The standard InChI is InChI=1S/C19H23FN2O4/c1-19(26-4,13-8-5-6-9-14(13)20)12-21-18(23)22-15-10-7-11-16(24-2)17(15)25-3/h5-11H,12H2,1-4H3,(H2,21,22,23). The molecule has 7 heteroatoms. The molecular formula is C19H23FN2O4. The second kappa shape index (κ2) is 8.53. The van der Waals surface area contributed by atoms with E-state index in [4.69, 9.17) is 14.2 Å². The zero-order valence-electron chi connectivity index (χ0n) is 15.3. The van der Waals surface area contributed by atoms with Gasteiger partial charge in [-0.25, -0.2) is 9.18 Å². The Labute approximate surface area is 152 Å². The summed E-state index contributed by atoms with van der Waals surface area (Å²) >= 11 is 0. The first-order valence-corrected chi connectivity index (χ1v) is 8.01. The van der Waals surface area contributed by atoms with Crippen molar-refractivity contribution >= 4 is 11.7 Å². The van der Waals surface area contributed by atoms with Crippen LogP contribution in [0.25, 0.3) is 0 Å². The molecule has 26 heavy (non-hydrogen) atoms. The van der Waals surface area contributed by atoms with E-state index in [1.807, 2.05) is 0 Å². The van der Waals surface area contributed by atoms with Crippen molar-refractivity contribution in [3.8, 4) is 11.5 Å². The van der Waals surface area contributed by atoms with Gasteiger partial charge in [-0.2, -0.15) is 0 Å². The van der Waals surface area contributed by atoms with Crippen molar-refractivity contribution in [2.24, 2.45) is 0 Å². The predicted octanol–water partition coefficient (Wildman–Crippen LogP) is 3.53. The van der Waals surface area contributed by atoms with E-state index >= 15 is 0 Å². The third-order valence-corrected chi connectivity index (χ3v) is 4.13. The Hall–Kier alpha value is -2.80. The topological polar surface area (TPSA) is 68.8 Å². The fourth-order valence-electron chi connectivity index (χ4n) is 2.57. The van der Waals surface area contributed by atoms with Crippen molar-refractivity contribution in [3.63, 3.8) is 0 Å². The lowest BCUT2D eigenvalue weighted by Crippen LogP contribution is -2.42. The van der Waals surface area contributed by atoms with Crippen LogP contribution < -0.4 is 20.1 Å². The normalized spacial score (nSPS) is 12.8. The number of methoxy groups -OCH3 is 3. The molecule has 0 heterocycles. The van der Waals surface area contributed by atoms with Gasteiger partial charge in [0.1, 0.15) is 11.4 Å². The van der Waals surface area contributed by atoms with Crippen molar-refractivity contribution in [2.75, 3.05) is 33.2 Å². The first kappa shape index (κ1) is 19.5. The maximum Gasteiger partial charge on any atom is 0.319 e. The molecule has 1 unspecified atom stereocenters. The summed E-state index contributed by atoms with van der Waals surface area (Å²) in [5, 5.41) is 5.39. The highest BCUT2D eigenvalue weighted by molar-refractivity contribution is 5.91. The molecule has 6 nitrogen and oxygen atoms in total. The van der Waals surface area contributed by atoms with Crippen LogP contribution in [-0.4, -0.2) is 33.9 Å². The number of hydrogen-bond acceptors (Lipinski definition) is 4. The molecule has 0 aliphatic rings. The molecule has 0 bridgehead atoms. The molecule has 0 spiro atoms. The summed E-state index contributed by atoms with van der Waals surface area (Å²) in [5.41, 5.74) is -0.197. The molecule has 2 aromatic rings. The number of rotatable bonds is 7. The summed E-state index contributed by atoms with van der Waals surface area (Å²) in [6.45, 7) is 1.78. The van der Waals surface area contributed by atoms with Crippen LogP contribution in [0.5, 0.6) is 11.5 Å². The molecule has 1 atom stereocenters. The molecule has 2 amide bonds. The van der Waals surface area contributed by atoms with Gasteiger partial charge < -0.3 is 24.8 Å². The molecule has 2 N–H and O–H groups in total. The largest absolute Gasteiger partial charge is 0.493 e. The molecule has 0 saturated heterocycles. The average molecular weight is 362 g/mol. The quantitative estimate of drug-likeness (QED) is 0.791. The third-order valence-electron chi connectivity index (χ3n) is 4.13. The van der Waals surface area contributed by atoms with Gasteiger partial charge in [0, 0.05) is 12.7 Å². The van der Waals surface area contributed by atoms with Gasteiger partial charge in [-0.1, -0.05) is 24.3 Å². The zero-order valence-corrected chi connectivity index (χ0v) is 15.3. The number of benzene rings is 2. The molecule has 2 aromatic carbocycles. The SMILES string of the molecule is COc1cccc(NC(=O)NCC(C)(OC)c2ccccc2F)c1OC. The van der Waals surface area contributed by atoms with E-state index in [-0.39, 0.29) is 6.54 Å². The number of anilines is 1. The van der Waals surface area contributed by atoms with Crippen molar-refractivity contribution in [3.05, 3.63) is 53.8 Å². The summed E-state index contributed by atoms with van der Waals surface area (Å²) in [7, 11) is 4.47. The van der Waals surface area contributed by atoms with Crippen LogP contribution in [0.4, 0.5) is 14.9 Å². The van der Waals surface area contributed by atoms with Crippen molar-refractivity contribution in [2.45, 2.75) is 12.5 Å². The Morgan fingerprint density at radius 3 is 2.42 bits per heavy atom. The lowest BCUT2D eigenvalue weighted by Gasteiger charge is -2.29. The maximum atomic E-state index is 14.1. The Balaban J connectivity index is 2.10. The fraction of sp³-hybridized carbons (Fsp3) is 0.316. The smallest absolute Gasteiger partial charge is 0.319 e. The Morgan fingerprint density at radius 1 is 1.08 bits per heavy atom. The first-order chi connectivity index (χ1) is 12.4. The van der Waals surface area contributed by atoms with Crippen LogP contribution >= 0.6 is 0 Å². The van der Waals surface area contributed by atoms with E-state index in [1.54, 1.807) is 43.3 Å². The van der Waals surface area contributed by atoms with Gasteiger partial charge in [0.15, 0.2) is 11.5 Å². The molecule has 0 saturated carbocycles. The van der Waals surface area contributed by atoms with Crippen LogP contribution in [0.3, 0.4) is 0 Å². The van der Waals surface area contributed by atoms with E-state index in [0.29, 0.717) is 22.7 Å². The van der Waals surface area contributed by atoms with Gasteiger partial charge in [0.2, 0.25) is 0 Å². The number of urea groups is 1. The maximum absolute atomic E-state index is 14.1. The second-order valence-corrected chi connectivity index (χ2v) is 5.76. The van der Waals surface area contributed by atoms with Gasteiger partial charge in [-0.05, 0) is 25.1 Å². The first-order valence-electron chi connectivity index (χ1n) is 8.01. The number of ether oxygens (including phenoxy) is 3. The number of carbonyl (C=O) groups is 1. The van der Waals surface area contributed by atoms with Crippen molar-refractivity contribution < 1.29 is 23.4 Å². The highest BCUT2D eigenvalue weighted by Gasteiger charge is 2.29. The second-order valence-electron chi connectivity index (χ2n) is 5.76. The molecule has 0 fully saturated rings. The van der Waals surface area contributed by atoms with Gasteiger partial charge >= 0.3 is 6.03 Å². The zero-order chi connectivity index (χ0) is 19.2. The minimum Gasteiger partial charge on any atom is -0.493 e. The Morgan fingerprint density at radius 2 is 1.81 bits per heavy atom. The van der Waals surface area contributed by atoms with Crippen LogP contribution in [0, 0.1) is 5.82 Å². The minimum absolute atomic E-state index is 0.0720. The highest BCUT2D eigenvalue weighted by Crippen LogP contribution is 2.34. The molecule has 140 valence electrons. The molecule has 0 radical (unpaired) electrons. The van der Waals surface area contributed by atoms with E-state index in [1.165, 1.54) is 27.4 Å². The van der Waals surface area contributed by atoms with Crippen molar-refractivity contribution in [1.29, 1.82) is 0 Å². The Bertz CT molecular complexity index is 769. The number of carbonyl (C=O) groups excluding carboxylic acids is 1. The third kappa shape index (κ3) is 4.23. The number of halogens is 1. The fourth-order valence-corrected chi connectivity index (χ4v) is 2.57. The summed E-state index contributed by atoms with van der Waals surface area (Å²) in [4.78, 5) is 12.3.